The van der Waals surface area contributed by atoms with Crippen LogP contribution in [0.3, 0.4) is 0 Å². The van der Waals surface area contributed by atoms with E-state index in [1.807, 2.05) is 0 Å². The topological polar surface area (TPSA) is 44.9 Å². The van der Waals surface area contributed by atoms with Crippen molar-refractivity contribution in [1.29, 1.82) is 0 Å². The van der Waals surface area contributed by atoms with Gasteiger partial charge in [0, 0.05) is 45.8 Å². The molecule has 5 heteroatoms. The largest absolute Gasteiger partial charge is 0.337 e. The lowest BCUT2D eigenvalue weighted by molar-refractivity contribution is 0.401. The predicted molar refractivity (Wildman–Crippen MR) is 256 cm³/mol. The standard InChI is InChI=1S/C57H49N5/c1-2-14-36(15-3-1)40-21-12-22-43(32-40)55-58-56(44-29-28-37-16-4-5-18-39(37)33-44)60-57(59-55)62-50-27-13-26-49(54(50)47-34-41-19-6-7-20-42(41)35-52(47)62)61-48-25-11-10-24-46(48)53-45-23-9-8-17-38(45)30-31-51(53)61/h1-8,10-12,14,16-22,24-26,28-29,32,34-36,44,46,48,55H,9,13,15,23,27,30-31,33H2,(H,58,59,60). The summed E-state index contributed by atoms with van der Waals surface area (Å²) in [6, 6.07) is 31.8. The minimum absolute atomic E-state index is 0.0613. The average Bonchev–Trinajstić information content (AvgIpc) is 3.86. The van der Waals surface area contributed by atoms with Crippen molar-refractivity contribution in [2.24, 2.45) is 21.8 Å². The van der Waals surface area contributed by atoms with Crippen LogP contribution in [0, 0.1) is 11.8 Å². The Kier molecular flexibility index (Phi) is 8.38. The number of aliphatic imine (C=N–C) groups is 2. The second-order valence-electron chi connectivity index (χ2n) is 18.1. The summed E-state index contributed by atoms with van der Waals surface area (Å²) >= 11 is 0. The maximum absolute atomic E-state index is 5.62. The fourth-order valence-corrected chi connectivity index (χ4v) is 11.8. The molecule has 0 amide bonds. The van der Waals surface area contributed by atoms with Gasteiger partial charge in [0.2, 0.25) is 5.96 Å². The van der Waals surface area contributed by atoms with Crippen molar-refractivity contribution in [2.45, 2.75) is 69.5 Å². The van der Waals surface area contributed by atoms with Crippen LogP contribution < -0.4 is 5.32 Å². The van der Waals surface area contributed by atoms with Crippen LogP contribution in [0.1, 0.15) is 84.1 Å². The number of fused-ring (bicyclic) bond motifs is 8. The Hall–Kier alpha value is -6.72. The van der Waals surface area contributed by atoms with Gasteiger partial charge in [0.1, 0.15) is 12.0 Å². The Morgan fingerprint density at radius 3 is 2.50 bits per heavy atom. The number of nitrogens with zero attached hydrogens (tertiary/aromatic N) is 4. The molecule has 5 nitrogen and oxygen atoms in total. The lowest BCUT2D eigenvalue weighted by atomic mass is 9.78. The number of hydrogen-bond acceptors (Lipinski definition) is 4. The van der Waals surface area contributed by atoms with E-state index in [9.17, 15) is 0 Å². The molecule has 62 heavy (non-hydrogen) atoms. The van der Waals surface area contributed by atoms with Crippen molar-refractivity contribution >= 4 is 45.2 Å². The minimum atomic E-state index is -0.293. The SMILES string of the molecule is C1=CCC(c2cccc(C3N=C(C4C=Cc5ccccc5C4)N=C(n4c5c(c6cc7ccccc7cc64)C(N4C6=C(C7=C(C=CCC7)CC6)C6C=CC=CC64)=CCC5)N3)c2)C=C1. The number of nitrogens with one attached hydrogen (secondary N) is 1. The van der Waals surface area contributed by atoms with E-state index < -0.39 is 0 Å². The zero-order chi connectivity index (χ0) is 40.7. The summed E-state index contributed by atoms with van der Waals surface area (Å²) in [5.41, 5.74) is 16.6. The Balaban J connectivity index is 0.992. The van der Waals surface area contributed by atoms with Crippen LogP contribution in [0.2, 0.25) is 0 Å². The van der Waals surface area contributed by atoms with Gasteiger partial charge in [-0.2, -0.15) is 4.99 Å². The summed E-state index contributed by atoms with van der Waals surface area (Å²) in [5.74, 6) is 2.52. The number of hydrogen-bond donors (Lipinski definition) is 1. The highest BCUT2D eigenvalue weighted by Crippen LogP contribution is 2.53. The monoisotopic (exact) mass is 803 g/mol. The molecule has 0 saturated carbocycles. The van der Waals surface area contributed by atoms with Gasteiger partial charge in [0.05, 0.1) is 11.6 Å². The summed E-state index contributed by atoms with van der Waals surface area (Å²) < 4.78 is 2.50. The zero-order valence-electron chi connectivity index (χ0n) is 34.9. The molecular formula is C57H49N5. The molecular weight excluding hydrogens is 755 g/mol. The van der Waals surface area contributed by atoms with Crippen LogP contribution in [-0.2, 0) is 12.8 Å². The Bertz CT molecular complexity index is 3090. The fraction of sp³-hybridized carbons (Fsp3) is 0.228. The fourth-order valence-electron chi connectivity index (χ4n) is 11.8. The molecule has 0 spiro atoms. The highest BCUT2D eigenvalue weighted by Gasteiger charge is 2.45. The molecule has 5 atom stereocenters. The van der Waals surface area contributed by atoms with Crippen molar-refractivity contribution in [2.75, 3.05) is 0 Å². The maximum Gasteiger partial charge on any atom is 0.211 e. The molecule has 0 fully saturated rings. The van der Waals surface area contributed by atoms with Crippen molar-refractivity contribution < 1.29 is 0 Å². The summed E-state index contributed by atoms with van der Waals surface area (Å²) in [4.78, 5) is 13.9. The van der Waals surface area contributed by atoms with Crippen LogP contribution in [0.4, 0.5) is 0 Å². The van der Waals surface area contributed by atoms with Crippen LogP contribution >= 0.6 is 0 Å². The zero-order valence-corrected chi connectivity index (χ0v) is 34.9. The van der Waals surface area contributed by atoms with Gasteiger partial charge in [0.25, 0.3) is 0 Å². The predicted octanol–water partition coefficient (Wildman–Crippen LogP) is 12.6. The van der Waals surface area contributed by atoms with Gasteiger partial charge >= 0.3 is 0 Å². The molecule has 1 N–H and O–H groups in total. The molecule has 5 unspecified atom stereocenters. The van der Waals surface area contributed by atoms with E-state index in [-0.39, 0.29) is 18.1 Å². The summed E-state index contributed by atoms with van der Waals surface area (Å²) in [6.07, 6.45) is 38.3. The van der Waals surface area contributed by atoms with Crippen LogP contribution in [0.25, 0.3) is 33.4 Å². The highest BCUT2D eigenvalue weighted by molar-refractivity contribution is 6.11. The maximum atomic E-state index is 5.62. The molecule has 5 aromatic rings. The smallest absolute Gasteiger partial charge is 0.211 e. The second-order valence-corrected chi connectivity index (χ2v) is 18.1. The van der Waals surface area contributed by atoms with Crippen LogP contribution in [0.15, 0.2) is 190 Å². The average molecular weight is 804 g/mol. The van der Waals surface area contributed by atoms with Gasteiger partial charge in [-0.1, -0.05) is 152 Å². The quantitative estimate of drug-likeness (QED) is 0.197. The third kappa shape index (κ3) is 5.74. The molecule has 302 valence electrons. The number of benzene rings is 4. The first-order valence-electron chi connectivity index (χ1n) is 22.9. The molecule has 0 saturated heterocycles. The molecule has 6 aliphatic carbocycles. The summed E-state index contributed by atoms with van der Waals surface area (Å²) in [5, 5.41) is 7.77. The number of rotatable bonds is 4. The first-order chi connectivity index (χ1) is 30.7. The molecule has 4 aromatic carbocycles. The van der Waals surface area contributed by atoms with Crippen molar-refractivity contribution in [3.63, 3.8) is 0 Å². The molecule has 2 aliphatic heterocycles. The van der Waals surface area contributed by atoms with E-state index in [4.69, 9.17) is 9.98 Å². The van der Waals surface area contributed by atoms with E-state index in [1.54, 1.807) is 16.7 Å². The first kappa shape index (κ1) is 36.0. The minimum Gasteiger partial charge on any atom is -0.337 e. The molecule has 13 rings (SSSR count). The van der Waals surface area contributed by atoms with Crippen molar-refractivity contribution in [3.05, 3.63) is 214 Å². The number of aromatic nitrogens is 1. The third-order valence-electron chi connectivity index (χ3n) is 14.7. The van der Waals surface area contributed by atoms with Gasteiger partial charge in [-0.3, -0.25) is 4.57 Å². The second kappa shape index (κ2) is 14.4. The highest BCUT2D eigenvalue weighted by atomic mass is 15.3. The number of amidine groups is 1. The molecule has 0 bridgehead atoms. The van der Waals surface area contributed by atoms with E-state index in [2.05, 4.69) is 179 Å². The lowest BCUT2D eigenvalue weighted by Gasteiger charge is -2.35. The third-order valence-corrected chi connectivity index (χ3v) is 14.7. The van der Waals surface area contributed by atoms with E-state index in [0.29, 0.717) is 11.8 Å². The molecule has 3 heterocycles. The Morgan fingerprint density at radius 1 is 0.694 bits per heavy atom. The Labute approximate surface area is 363 Å². The molecule has 1 aromatic heterocycles. The van der Waals surface area contributed by atoms with Gasteiger partial charge in [-0.05, 0) is 113 Å². The van der Waals surface area contributed by atoms with E-state index in [1.165, 1.54) is 61.0 Å². The lowest BCUT2D eigenvalue weighted by Crippen LogP contribution is -2.40. The van der Waals surface area contributed by atoms with E-state index >= 15 is 0 Å². The molecule has 0 radical (unpaired) electrons. The Morgan fingerprint density at radius 2 is 1.56 bits per heavy atom. The first-order valence-corrected chi connectivity index (χ1v) is 22.9. The summed E-state index contributed by atoms with van der Waals surface area (Å²) in [6.45, 7) is 0. The van der Waals surface area contributed by atoms with Crippen molar-refractivity contribution in [3.8, 4) is 0 Å². The van der Waals surface area contributed by atoms with Gasteiger partial charge < -0.3 is 10.2 Å². The van der Waals surface area contributed by atoms with Crippen molar-refractivity contribution in [1.82, 2.24) is 14.8 Å². The summed E-state index contributed by atoms with van der Waals surface area (Å²) in [7, 11) is 0. The van der Waals surface area contributed by atoms with Crippen LogP contribution in [-0.4, -0.2) is 27.3 Å². The molecule has 8 aliphatic rings. The normalized spacial score (nSPS) is 25.6. The number of allylic oxidation sites excluding steroid dienone is 12. The van der Waals surface area contributed by atoms with Gasteiger partial charge in [-0.15, -0.1) is 0 Å². The van der Waals surface area contributed by atoms with Crippen LogP contribution in [0.5, 0.6) is 0 Å². The van der Waals surface area contributed by atoms with Gasteiger partial charge in [-0.25, -0.2) is 4.99 Å². The van der Waals surface area contributed by atoms with Gasteiger partial charge in [0.15, 0.2) is 0 Å². The van der Waals surface area contributed by atoms with E-state index in [0.717, 1.165) is 68.7 Å².